The fraction of sp³-hybridized carbons (Fsp3) is 0.258. The molecule has 0 spiro atoms. The van der Waals surface area contributed by atoms with Gasteiger partial charge in [-0.3, -0.25) is 4.79 Å². The number of ketones is 1. The van der Waals surface area contributed by atoms with E-state index in [4.69, 9.17) is 42.1 Å². The number of rotatable bonds is 5. The summed E-state index contributed by atoms with van der Waals surface area (Å²) >= 11 is 13.4. The predicted octanol–water partition coefficient (Wildman–Crippen LogP) is 7.44. The second-order valence-electron chi connectivity index (χ2n) is 10.2. The number of phenols is 2. The molecule has 0 radical (unpaired) electrons. The van der Waals surface area contributed by atoms with E-state index in [0.717, 1.165) is 0 Å². The van der Waals surface area contributed by atoms with Crippen molar-refractivity contribution in [2.24, 2.45) is 0 Å². The fourth-order valence-electron chi connectivity index (χ4n) is 5.73. The highest BCUT2D eigenvalue weighted by Gasteiger charge is 2.43. The van der Waals surface area contributed by atoms with Gasteiger partial charge in [0.2, 0.25) is 5.78 Å². The molecule has 40 heavy (non-hydrogen) atoms. The lowest BCUT2D eigenvalue weighted by atomic mass is 9.67. The van der Waals surface area contributed by atoms with Crippen molar-refractivity contribution < 1.29 is 34.0 Å². The Kier molecular flexibility index (Phi) is 6.71. The van der Waals surface area contributed by atoms with E-state index < -0.39 is 11.2 Å². The number of fused-ring (bicyclic) bond motifs is 3. The molecule has 0 amide bonds. The first kappa shape index (κ1) is 27.7. The molecule has 0 bridgehead atoms. The van der Waals surface area contributed by atoms with Crippen molar-refractivity contribution in [2.45, 2.75) is 26.2 Å². The SMILES string of the molecule is COc1cc(C)c(-c2cc(OC)c(Cl)c3cc4c(c(O)c23)C(=O)c2c(cc(OC)c(Cl)c2OC)C4(C)C)c(O)c1. The third-order valence-electron chi connectivity index (χ3n) is 7.72. The maximum Gasteiger partial charge on any atom is 0.201 e. The number of aryl methyl sites for hydroxylation is 1. The van der Waals surface area contributed by atoms with E-state index in [9.17, 15) is 15.0 Å². The first-order valence-corrected chi connectivity index (χ1v) is 13.1. The highest BCUT2D eigenvalue weighted by atomic mass is 35.5. The molecule has 0 unspecified atom stereocenters. The van der Waals surface area contributed by atoms with Gasteiger partial charge in [0.15, 0.2) is 5.75 Å². The second-order valence-corrected chi connectivity index (χ2v) is 10.9. The van der Waals surface area contributed by atoms with Crippen LogP contribution in [0.1, 0.15) is 46.5 Å². The van der Waals surface area contributed by atoms with Crippen LogP contribution >= 0.6 is 23.2 Å². The Bertz CT molecular complexity index is 1720. The first-order valence-electron chi connectivity index (χ1n) is 12.4. The topological polar surface area (TPSA) is 94.5 Å². The summed E-state index contributed by atoms with van der Waals surface area (Å²) in [4.78, 5) is 14.2. The number of hydrogen-bond donors (Lipinski definition) is 2. The minimum atomic E-state index is -0.805. The van der Waals surface area contributed by atoms with Gasteiger partial charge in [-0.2, -0.15) is 0 Å². The van der Waals surface area contributed by atoms with Gasteiger partial charge in [0.05, 0.1) is 44.6 Å². The van der Waals surface area contributed by atoms with Gasteiger partial charge < -0.3 is 29.2 Å². The lowest BCUT2D eigenvalue weighted by molar-refractivity contribution is 0.102. The summed E-state index contributed by atoms with van der Waals surface area (Å²) < 4.78 is 22.0. The minimum absolute atomic E-state index is 0.0720. The normalized spacial score (nSPS) is 13.6. The van der Waals surface area contributed by atoms with Gasteiger partial charge in [-0.15, -0.1) is 0 Å². The van der Waals surface area contributed by atoms with Crippen molar-refractivity contribution in [3.63, 3.8) is 0 Å². The van der Waals surface area contributed by atoms with E-state index in [1.165, 1.54) is 34.5 Å². The molecule has 0 saturated carbocycles. The highest BCUT2D eigenvalue weighted by Crippen LogP contribution is 2.55. The summed E-state index contributed by atoms with van der Waals surface area (Å²) in [5.74, 6) is 0.525. The summed E-state index contributed by atoms with van der Waals surface area (Å²) in [6.45, 7) is 5.68. The van der Waals surface area contributed by atoms with Crippen molar-refractivity contribution in [3.8, 4) is 45.6 Å². The van der Waals surface area contributed by atoms with Crippen LogP contribution in [-0.2, 0) is 5.41 Å². The molecule has 7 nitrogen and oxygen atoms in total. The molecule has 0 saturated heterocycles. The quantitative estimate of drug-likeness (QED) is 0.252. The van der Waals surface area contributed by atoms with Crippen molar-refractivity contribution in [3.05, 3.63) is 68.2 Å². The number of benzene rings is 4. The molecular formula is C31H28Cl2O7. The minimum Gasteiger partial charge on any atom is -0.507 e. The summed E-state index contributed by atoms with van der Waals surface area (Å²) in [5, 5.41) is 24.2. The molecule has 0 aliphatic heterocycles. The van der Waals surface area contributed by atoms with Gasteiger partial charge in [0.1, 0.15) is 33.8 Å². The second kappa shape index (κ2) is 9.68. The van der Waals surface area contributed by atoms with E-state index in [-0.39, 0.29) is 38.4 Å². The number of hydrogen-bond acceptors (Lipinski definition) is 7. The van der Waals surface area contributed by atoms with Crippen LogP contribution in [0.3, 0.4) is 0 Å². The van der Waals surface area contributed by atoms with Gasteiger partial charge in [-0.1, -0.05) is 37.0 Å². The van der Waals surface area contributed by atoms with Gasteiger partial charge in [0.25, 0.3) is 0 Å². The zero-order chi connectivity index (χ0) is 29.3. The van der Waals surface area contributed by atoms with Crippen molar-refractivity contribution >= 4 is 39.8 Å². The Balaban J connectivity index is 1.95. The molecule has 5 rings (SSSR count). The molecule has 0 heterocycles. The molecule has 4 aromatic carbocycles. The van der Waals surface area contributed by atoms with Crippen LogP contribution in [0.25, 0.3) is 21.9 Å². The number of phenolic OH excluding ortho intramolecular Hbond substituents is 2. The Morgan fingerprint density at radius 1 is 0.750 bits per heavy atom. The standard InChI is InChI=1S/C31H28Cl2O7/c1-13-8-14(37-4)9-19(34)22(13)15-11-20(38-5)26(32)16-10-17-24(28(35)23(15)16)29(36)25-18(31(17,2)3)12-21(39-6)27(33)30(25)40-7/h8-12,34-35H,1-7H3. The molecule has 9 heteroatoms. The van der Waals surface area contributed by atoms with Gasteiger partial charge in [-0.25, -0.2) is 0 Å². The van der Waals surface area contributed by atoms with Gasteiger partial charge >= 0.3 is 0 Å². The summed E-state index contributed by atoms with van der Waals surface area (Å²) in [7, 11) is 5.91. The van der Waals surface area contributed by atoms with Crippen LogP contribution in [-0.4, -0.2) is 44.4 Å². The molecule has 2 N–H and O–H groups in total. The number of carbonyl (C=O) groups is 1. The van der Waals surface area contributed by atoms with E-state index in [1.54, 1.807) is 24.3 Å². The maximum atomic E-state index is 14.2. The Labute approximate surface area is 241 Å². The first-order chi connectivity index (χ1) is 18.9. The van der Waals surface area contributed by atoms with Crippen molar-refractivity contribution in [1.29, 1.82) is 0 Å². The highest BCUT2D eigenvalue weighted by molar-refractivity contribution is 6.39. The van der Waals surface area contributed by atoms with Crippen LogP contribution in [0, 0.1) is 6.92 Å². The zero-order valence-electron chi connectivity index (χ0n) is 23.1. The molecular weight excluding hydrogens is 555 g/mol. The number of methoxy groups -OCH3 is 4. The lowest BCUT2D eigenvalue weighted by Gasteiger charge is -2.36. The molecule has 0 fully saturated rings. The molecule has 0 aromatic heterocycles. The van der Waals surface area contributed by atoms with Gasteiger partial charge in [0, 0.05) is 33.4 Å². The van der Waals surface area contributed by atoms with Crippen LogP contribution < -0.4 is 18.9 Å². The third kappa shape index (κ3) is 3.75. The number of ether oxygens (including phenoxy) is 4. The monoisotopic (exact) mass is 582 g/mol. The number of carbonyl (C=O) groups excluding carboxylic acids is 1. The third-order valence-corrected chi connectivity index (χ3v) is 8.47. The zero-order valence-corrected chi connectivity index (χ0v) is 24.6. The molecule has 1 aliphatic carbocycles. The number of aromatic hydroxyl groups is 2. The van der Waals surface area contributed by atoms with Crippen LogP contribution in [0.2, 0.25) is 10.0 Å². The Morgan fingerprint density at radius 2 is 1.38 bits per heavy atom. The lowest BCUT2D eigenvalue weighted by Crippen LogP contribution is -2.31. The molecule has 1 aliphatic rings. The molecule has 4 aromatic rings. The van der Waals surface area contributed by atoms with Crippen LogP contribution in [0.15, 0.2) is 30.3 Å². The van der Waals surface area contributed by atoms with Crippen LogP contribution in [0.4, 0.5) is 0 Å². The molecule has 0 atom stereocenters. The van der Waals surface area contributed by atoms with E-state index in [0.29, 0.717) is 55.8 Å². The fourth-order valence-corrected chi connectivity index (χ4v) is 6.31. The summed E-state index contributed by atoms with van der Waals surface area (Å²) in [6, 6.07) is 8.40. The Morgan fingerprint density at radius 3 is 1.95 bits per heavy atom. The maximum absolute atomic E-state index is 14.2. The van der Waals surface area contributed by atoms with E-state index >= 15 is 0 Å². The smallest absolute Gasteiger partial charge is 0.201 e. The summed E-state index contributed by atoms with van der Waals surface area (Å²) in [5.41, 5.74) is 2.26. The predicted molar refractivity (Wildman–Crippen MR) is 156 cm³/mol. The average molecular weight is 583 g/mol. The van der Waals surface area contributed by atoms with E-state index in [1.807, 2.05) is 20.8 Å². The largest absolute Gasteiger partial charge is 0.507 e. The van der Waals surface area contributed by atoms with E-state index in [2.05, 4.69) is 0 Å². The summed E-state index contributed by atoms with van der Waals surface area (Å²) in [6.07, 6.45) is 0. The Hall–Kier alpha value is -3.81. The molecule has 208 valence electrons. The van der Waals surface area contributed by atoms with Crippen LogP contribution in [0.5, 0.6) is 34.5 Å². The van der Waals surface area contributed by atoms with Crippen molar-refractivity contribution in [1.82, 2.24) is 0 Å². The van der Waals surface area contributed by atoms with Gasteiger partial charge in [-0.05, 0) is 47.9 Å². The van der Waals surface area contributed by atoms with Crippen molar-refractivity contribution in [2.75, 3.05) is 28.4 Å². The average Bonchev–Trinajstić information content (AvgIpc) is 2.92. The number of halogens is 2.